The quantitative estimate of drug-likeness (QED) is 0.582. The minimum absolute atomic E-state index is 0.0215. The van der Waals surface area contributed by atoms with Gasteiger partial charge in [0, 0.05) is 0 Å². The molecule has 150 valence electrons. The molecular weight excluding hydrogens is 425 g/mol. The van der Waals surface area contributed by atoms with Crippen molar-refractivity contribution in [3.8, 4) is 0 Å². The van der Waals surface area contributed by atoms with Gasteiger partial charge in [-0.3, -0.25) is 0 Å². The first-order valence-electron chi connectivity index (χ1n) is 10.1. The van der Waals surface area contributed by atoms with Gasteiger partial charge in [0.25, 0.3) is 0 Å². The van der Waals surface area contributed by atoms with Crippen molar-refractivity contribution in [1.29, 1.82) is 0 Å². The molecule has 4 rings (SSSR count). The van der Waals surface area contributed by atoms with Gasteiger partial charge in [0.2, 0.25) is 0 Å². The first-order chi connectivity index (χ1) is 14.1. The number of likely N-dealkylation sites (tertiary alicyclic amines) is 1. The van der Waals surface area contributed by atoms with E-state index in [4.69, 9.17) is 0 Å². The Hall–Kier alpha value is -2.32. The van der Waals surface area contributed by atoms with Crippen molar-refractivity contribution in [2.45, 2.75) is 25.3 Å². The summed E-state index contributed by atoms with van der Waals surface area (Å²) in [7, 11) is 1.92. The van der Waals surface area contributed by atoms with E-state index in [-0.39, 0.29) is 17.6 Å². The molecule has 1 fully saturated rings. The SMILES string of the molecule is C[N]([Ge][c]1ccccc1)C(=O)CCN1CCC(n2c(=O)[nH]c3ccccc32)CC1. The molecule has 7 heteroatoms. The molecule has 2 aromatic carbocycles. The van der Waals surface area contributed by atoms with Crippen LogP contribution in [0.2, 0.25) is 0 Å². The first-order valence-corrected chi connectivity index (χ1v) is 12.1. The molecule has 1 aliphatic heterocycles. The van der Waals surface area contributed by atoms with Gasteiger partial charge in [-0.25, -0.2) is 0 Å². The number of hydrogen-bond acceptors (Lipinski definition) is 3. The van der Waals surface area contributed by atoms with E-state index in [1.54, 1.807) is 0 Å². The Morgan fingerprint density at radius 2 is 1.79 bits per heavy atom. The molecular formula is C22H26GeN4O2. The Morgan fingerprint density at radius 1 is 1.10 bits per heavy atom. The molecule has 1 aliphatic rings. The zero-order chi connectivity index (χ0) is 20.2. The molecule has 1 saturated heterocycles. The number of nitrogens with zero attached hydrogens (tertiary/aromatic N) is 3. The third kappa shape index (κ3) is 4.65. The zero-order valence-electron chi connectivity index (χ0n) is 16.7. The molecule has 0 atom stereocenters. The van der Waals surface area contributed by atoms with E-state index in [9.17, 15) is 9.59 Å². The number of hydrogen-bond donors (Lipinski definition) is 1. The summed E-state index contributed by atoms with van der Waals surface area (Å²) in [6.07, 6.45) is 2.43. The van der Waals surface area contributed by atoms with Gasteiger partial charge in [-0.05, 0) is 0 Å². The van der Waals surface area contributed by atoms with E-state index in [2.05, 4.69) is 22.0 Å². The van der Waals surface area contributed by atoms with Crippen LogP contribution in [0.15, 0.2) is 59.4 Å². The van der Waals surface area contributed by atoms with Crippen molar-refractivity contribution in [2.24, 2.45) is 0 Å². The fourth-order valence-electron chi connectivity index (χ4n) is 4.03. The second-order valence-electron chi connectivity index (χ2n) is 7.57. The van der Waals surface area contributed by atoms with E-state index < -0.39 is 15.7 Å². The summed E-state index contributed by atoms with van der Waals surface area (Å²) in [4.78, 5) is 30.2. The van der Waals surface area contributed by atoms with E-state index in [1.807, 2.05) is 57.9 Å². The van der Waals surface area contributed by atoms with Crippen LogP contribution >= 0.6 is 0 Å². The summed E-state index contributed by atoms with van der Waals surface area (Å²) >= 11 is -0.585. The van der Waals surface area contributed by atoms with Gasteiger partial charge in [0.15, 0.2) is 0 Å². The topological polar surface area (TPSA) is 61.3 Å². The number of rotatable bonds is 6. The summed E-state index contributed by atoms with van der Waals surface area (Å²) < 4.78 is 5.11. The molecule has 0 spiro atoms. The number of benzene rings is 2. The van der Waals surface area contributed by atoms with Crippen LogP contribution < -0.4 is 10.1 Å². The van der Waals surface area contributed by atoms with E-state index in [1.165, 1.54) is 4.40 Å². The molecule has 0 aliphatic carbocycles. The Morgan fingerprint density at radius 3 is 2.55 bits per heavy atom. The number of aromatic amines is 1. The van der Waals surface area contributed by atoms with Crippen LogP contribution in [0.3, 0.4) is 0 Å². The number of para-hydroxylation sites is 2. The van der Waals surface area contributed by atoms with Gasteiger partial charge < -0.3 is 0 Å². The number of carbonyl (C=O) groups excluding carboxylic acids is 1. The molecule has 0 bridgehead atoms. The van der Waals surface area contributed by atoms with Crippen LogP contribution in [-0.4, -0.2) is 66.6 Å². The number of piperidine rings is 1. The monoisotopic (exact) mass is 452 g/mol. The fourth-order valence-corrected chi connectivity index (χ4v) is 6.05. The molecule has 6 nitrogen and oxygen atoms in total. The molecule has 1 N–H and O–H groups in total. The van der Waals surface area contributed by atoms with Crippen LogP contribution in [0.4, 0.5) is 0 Å². The molecule has 3 aromatic rings. The fraction of sp³-hybridized carbons (Fsp3) is 0.364. The third-order valence-electron chi connectivity index (χ3n) is 5.63. The number of aromatic nitrogens is 2. The molecule has 2 heterocycles. The zero-order valence-corrected chi connectivity index (χ0v) is 18.8. The van der Waals surface area contributed by atoms with Crippen LogP contribution in [-0.2, 0) is 4.79 Å². The van der Waals surface area contributed by atoms with Crippen molar-refractivity contribution in [2.75, 3.05) is 26.7 Å². The predicted octanol–water partition coefficient (Wildman–Crippen LogP) is 1.76. The van der Waals surface area contributed by atoms with Crippen molar-refractivity contribution in [3.63, 3.8) is 0 Å². The normalized spacial score (nSPS) is 15.6. The summed E-state index contributed by atoms with van der Waals surface area (Å²) in [5, 5.41) is 0. The van der Waals surface area contributed by atoms with E-state index in [0.717, 1.165) is 43.5 Å². The Labute approximate surface area is 177 Å². The summed E-state index contributed by atoms with van der Waals surface area (Å²) in [6.45, 7) is 2.63. The van der Waals surface area contributed by atoms with Gasteiger partial charge >= 0.3 is 171 Å². The molecule has 1 amide bonds. The van der Waals surface area contributed by atoms with Gasteiger partial charge in [-0.1, -0.05) is 6.07 Å². The molecule has 0 unspecified atom stereocenters. The van der Waals surface area contributed by atoms with E-state index in [0.29, 0.717) is 6.42 Å². The number of amides is 1. The van der Waals surface area contributed by atoms with Crippen molar-refractivity contribution >= 4 is 37.0 Å². The number of carbonyl (C=O) groups is 1. The average Bonchev–Trinajstić information content (AvgIpc) is 3.08. The predicted molar refractivity (Wildman–Crippen MR) is 116 cm³/mol. The molecule has 29 heavy (non-hydrogen) atoms. The summed E-state index contributed by atoms with van der Waals surface area (Å²) in [5.41, 5.74) is 1.86. The standard InChI is InChI=1S/C22H26GeN4O2/c1-25(23-17-7-3-2-4-8-17)21(28)13-16-26-14-11-18(12-15-26)27-20-10-6-5-9-19(20)24-22(27)29/h2-10,18H,11-16H2,1H3,(H,24,29). The first kappa shape index (κ1) is 20.0. The van der Waals surface area contributed by atoms with Crippen LogP contribution in [0.5, 0.6) is 0 Å². The van der Waals surface area contributed by atoms with Crippen LogP contribution in [0.1, 0.15) is 25.3 Å². The minimum atomic E-state index is -0.585. The van der Waals surface area contributed by atoms with Gasteiger partial charge in [0.05, 0.1) is 0 Å². The van der Waals surface area contributed by atoms with Gasteiger partial charge in [-0.2, -0.15) is 0 Å². The molecule has 0 saturated carbocycles. The maximum atomic E-state index is 12.5. The Kier molecular flexibility index (Phi) is 6.20. The Bertz CT molecular complexity index is 1020. The summed E-state index contributed by atoms with van der Waals surface area (Å²) in [6, 6.07) is 18.3. The molecule has 2 radical (unpaired) electrons. The second kappa shape index (κ2) is 9.01. The number of nitrogens with one attached hydrogen (secondary N) is 1. The van der Waals surface area contributed by atoms with Crippen LogP contribution in [0, 0.1) is 0 Å². The van der Waals surface area contributed by atoms with Crippen LogP contribution in [0.25, 0.3) is 11.0 Å². The third-order valence-corrected chi connectivity index (χ3v) is 8.10. The van der Waals surface area contributed by atoms with E-state index >= 15 is 0 Å². The number of imidazole rings is 1. The van der Waals surface area contributed by atoms with Gasteiger partial charge in [0.1, 0.15) is 0 Å². The number of H-pyrrole nitrogens is 1. The summed E-state index contributed by atoms with van der Waals surface area (Å²) in [5.74, 6) is 0.226. The van der Waals surface area contributed by atoms with Gasteiger partial charge in [-0.15, -0.1) is 0 Å². The van der Waals surface area contributed by atoms with Crippen molar-refractivity contribution in [3.05, 3.63) is 65.1 Å². The van der Waals surface area contributed by atoms with Crippen molar-refractivity contribution < 1.29 is 4.79 Å². The van der Waals surface area contributed by atoms with Crippen molar-refractivity contribution in [1.82, 2.24) is 18.3 Å². The second-order valence-corrected chi connectivity index (χ2v) is 10.7. The number of fused-ring (bicyclic) bond motifs is 1. The Balaban J connectivity index is 1.28. The molecule has 1 aromatic heterocycles. The average molecular weight is 451 g/mol. The maximum absolute atomic E-state index is 12.5.